The third-order valence-corrected chi connectivity index (χ3v) is 5.53. The van der Waals surface area contributed by atoms with Crippen molar-refractivity contribution in [2.24, 2.45) is 5.73 Å². The summed E-state index contributed by atoms with van der Waals surface area (Å²) in [5.74, 6) is -0.177. The van der Waals surface area contributed by atoms with Gasteiger partial charge in [-0.1, -0.05) is 42.5 Å². The van der Waals surface area contributed by atoms with E-state index in [-0.39, 0.29) is 18.0 Å². The van der Waals surface area contributed by atoms with Crippen molar-refractivity contribution in [1.82, 2.24) is 9.80 Å². The van der Waals surface area contributed by atoms with Gasteiger partial charge in [0, 0.05) is 43.7 Å². The van der Waals surface area contributed by atoms with Crippen LogP contribution in [0.3, 0.4) is 0 Å². The highest BCUT2D eigenvalue weighted by Crippen LogP contribution is 2.20. The SMILES string of the molecule is C[C@@H]1CN(C(=O)CCc2ccccc2)C[C@H](C)N1Cc1ccc(C(N)=O)cc1. The minimum atomic E-state index is -0.407. The van der Waals surface area contributed by atoms with E-state index in [0.29, 0.717) is 12.0 Å². The van der Waals surface area contributed by atoms with Crippen LogP contribution in [0.2, 0.25) is 0 Å². The number of nitrogens with two attached hydrogens (primary N) is 1. The Bertz CT molecular complexity index is 792. The van der Waals surface area contributed by atoms with Gasteiger partial charge < -0.3 is 10.6 Å². The zero-order valence-corrected chi connectivity index (χ0v) is 16.7. The van der Waals surface area contributed by atoms with E-state index >= 15 is 0 Å². The van der Waals surface area contributed by atoms with Gasteiger partial charge in [0.15, 0.2) is 0 Å². The summed E-state index contributed by atoms with van der Waals surface area (Å²) in [6, 6.07) is 18.2. The molecular weight excluding hydrogens is 350 g/mol. The fraction of sp³-hybridized carbons (Fsp3) is 0.391. The largest absolute Gasteiger partial charge is 0.366 e. The average Bonchev–Trinajstić information content (AvgIpc) is 2.70. The van der Waals surface area contributed by atoms with Crippen molar-refractivity contribution in [3.8, 4) is 0 Å². The molecule has 2 atom stereocenters. The smallest absolute Gasteiger partial charge is 0.248 e. The molecule has 0 radical (unpaired) electrons. The summed E-state index contributed by atoms with van der Waals surface area (Å²) in [6.07, 6.45) is 1.34. The molecule has 28 heavy (non-hydrogen) atoms. The molecule has 2 N–H and O–H groups in total. The minimum absolute atomic E-state index is 0.230. The van der Waals surface area contributed by atoms with E-state index in [1.165, 1.54) is 5.56 Å². The number of hydrogen-bond donors (Lipinski definition) is 1. The second-order valence-corrected chi connectivity index (χ2v) is 7.72. The maximum Gasteiger partial charge on any atom is 0.248 e. The fourth-order valence-electron chi connectivity index (χ4n) is 3.91. The molecule has 1 saturated heterocycles. The quantitative estimate of drug-likeness (QED) is 0.839. The summed E-state index contributed by atoms with van der Waals surface area (Å²) in [5, 5.41) is 0. The van der Waals surface area contributed by atoms with Gasteiger partial charge in [0.05, 0.1) is 0 Å². The second-order valence-electron chi connectivity index (χ2n) is 7.72. The molecule has 1 heterocycles. The highest BCUT2D eigenvalue weighted by molar-refractivity contribution is 5.92. The average molecular weight is 380 g/mol. The first-order valence-electron chi connectivity index (χ1n) is 9.90. The van der Waals surface area contributed by atoms with Gasteiger partial charge in [0.1, 0.15) is 0 Å². The molecule has 2 amide bonds. The third kappa shape index (κ3) is 4.98. The van der Waals surface area contributed by atoms with Crippen LogP contribution in [0.4, 0.5) is 0 Å². The number of aryl methyl sites for hydroxylation is 1. The van der Waals surface area contributed by atoms with Crippen molar-refractivity contribution in [3.63, 3.8) is 0 Å². The van der Waals surface area contributed by atoms with Crippen LogP contribution in [-0.4, -0.2) is 46.8 Å². The molecule has 1 aliphatic heterocycles. The van der Waals surface area contributed by atoms with Crippen LogP contribution in [0.5, 0.6) is 0 Å². The number of carbonyl (C=O) groups is 2. The lowest BCUT2D eigenvalue weighted by Gasteiger charge is -2.44. The first-order chi connectivity index (χ1) is 13.4. The van der Waals surface area contributed by atoms with Gasteiger partial charge in [-0.15, -0.1) is 0 Å². The zero-order valence-electron chi connectivity index (χ0n) is 16.7. The zero-order chi connectivity index (χ0) is 20.1. The molecule has 1 fully saturated rings. The minimum Gasteiger partial charge on any atom is -0.366 e. The van der Waals surface area contributed by atoms with E-state index < -0.39 is 5.91 Å². The predicted molar refractivity (Wildman–Crippen MR) is 111 cm³/mol. The van der Waals surface area contributed by atoms with Gasteiger partial charge in [-0.25, -0.2) is 0 Å². The van der Waals surface area contributed by atoms with Gasteiger partial charge in [0.25, 0.3) is 0 Å². The van der Waals surface area contributed by atoms with Gasteiger partial charge in [-0.05, 0) is 43.5 Å². The lowest BCUT2D eigenvalue weighted by atomic mass is 10.0. The highest BCUT2D eigenvalue weighted by Gasteiger charge is 2.31. The first kappa shape index (κ1) is 20.1. The lowest BCUT2D eigenvalue weighted by molar-refractivity contribution is -0.135. The number of nitrogens with zero attached hydrogens (tertiary/aromatic N) is 2. The molecule has 3 rings (SSSR count). The van der Waals surface area contributed by atoms with Gasteiger partial charge in [0.2, 0.25) is 11.8 Å². The van der Waals surface area contributed by atoms with Gasteiger partial charge in [-0.2, -0.15) is 0 Å². The first-order valence-corrected chi connectivity index (χ1v) is 9.90. The number of hydrogen-bond acceptors (Lipinski definition) is 3. The predicted octanol–water partition coefficient (Wildman–Crippen LogP) is 2.84. The van der Waals surface area contributed by atoms with Crippen LogP contribution >= 0.6 is 0 Å². The van der Waals surface area contributed by atoms with Gasteiger partial charge >= 0.3 is 0 Å². The Kier molecular flexibility index (Phi) is 6.47. The van der Waals surface area contributed by atoms with Crippen LogP contribution in [0.1, 0.15) is 41.8 Å². The summed E-state index contributed by atoms with van der Waals surface area (Å²) < 4.78 is 0. The summed E-state index contributed by atoms with van der Waals surface area (Å²) in [5.41, 5.74) is 8.19. The molecule has 0 spiro atoms. The normalized spacial score (nSPS) is 20.1. The number of piperazine rings is 1. The summed E-state index contributed by atoms with van der Waals surface area (Å²) in [4.78, 5) is 28.3. The Balaban J connectivity index is 1.55. The summed E-state index contributed by atoms with van der Waals surface area (Å²) >= 11 is 0. The fourth-order valence-corrected chi connectivity index (χ4v) is 3.91. The molecule has 0 bridgehead atoms. The molecule has 5 heteroatoms. The summed E-state index contributed by atoms with van der Waals surface area (Å²) in [7, 11) is 0. The van der Waals surface area contributed by atoms with Crippen molar-refractivity contribution in [2.75, 3.05) is 13.1 Å². The Morgan fingerprint density at radius 1 is 0.929 bits per heavy atom. The van der Waals surface area contributed by atoms with E-state index in [1.807, 2.05) is 35.2 Å². The molecule has 2 aromatic carbocycles. The lowest BCUT2D eigenvalue weighted by Crippen LogP contribution is -2.57. The third-order valence-electron chi connectivity index (χ3n) is 5.53. The van der Waals surface area contributed by atoms with E-state index in [2.05, 4.69) is 30.9 Å². The number of benzene rings is 2. The molecular formula is C23H29N3O2. The maximum absolute atomic E-state index is 12.7. The number of primary amides is 1. The van der Waals surface area contributed by atoms with Crippen molar-refractivity contribution in [2.45, 2.75) is 45.3 Å². The number of rotatable bonds is 6. The molecule has 1 aliphatic rings. The van der Waals surface area contributed by atoms with E-state index in [9.17, 15) is 9.59 Å². The Labute approximate surface area is 167 Å². The Hall–Kier alpha value is -2.66. The molecule has 0 unspecified atom stereocenters. The van der Waals surface area contributed by atoms with E-state index in [1.54, 1.807) is 12.1 Å². The number of amides is 2. The molecule has 5 nitrogen and oxygen atoms in total. The summed E-state index contributed by atoms with van der Waals surface area (Å²) in [6.45, 7) is 6.64. The van der Waals surface area contributed by atoms with Crippen LogP contribution in [-0.2, 0) is 17.8 Å². The monoisotopic (exact) mass is 379 g/mol. The molecule has 0 aliphatic carbocycles. The molecule has 148 valence electrons. The molecule has 0 saturated carbocycles. The standard InChI is InChI=1S/C23H29N3O2/c1-17-14-25(22(27)13-10-19-6-4-3-5-7-19)15-18(2)26(17)16-20-8-11-21(12-9-20)23(24)28/h3-9,11-12,17-18H,10,13-16H2,1-2H3,(H2,24,28)/t17-,18+. The number of carbonyl (C=O) groups excluding carboxylic acids is 2. The van der Waals surface area contributed by atoms with Crippen LogP contribution in [0, 0.1) is 0 Å². The Morgan fingerprint density at radius 2 is 1.54 bits per heavy atom. The van der Waals surface area contributed by atoms with Crippen LogP contribution < -0.4 is 5.73 Å². The van der Waals surface area contributed by atoms with Gasteiger partial charge in [-0.3, -0.25) is 14.5 Å². The van der Waals surface area contributed by atoms with Crippen molar-refractivity contribution < 1.29 is 9.59 Å². The van der Waals surface area contributed by atoms with Crippen LogP contribution in [0.15, 0.2) is 54.6 Å². The van der Waals surface area contributed by atoms with E-state index in [4.69, 9.17) is 5.73 Å². The van der Waals surface area contributed by atoms with E-state index in [0.717, 1.165) is 31.6 Å². The Morgan fingerprint density at radius 3 is 2.11 bits per heavy atom. The van der Waals surface area contributed by atoms with Crippen molar-refractivity contribution in [1.29, 1.82) is 0 Å². The van der Waals surface area contributed by atoms with Crippen LogP contribution in [0.25, 0.3) is 0 Å². The molecule has 2 aromatic rings. The van der Waals surface area contributed by atoms with Crippen molar-refractivity contribution in [3.05, 3.63) is 71.3 Å². The van der Waals surface area contributed by atoms with Crippen molar-refractivity contribution >= 4 is 11.8 Å². The highest BCUT2D eigenvalue weighted by atomic mass is 16.2. The maximum atomic E-state index is 12.7. The molecule has 0 aromatic heterocycles. The topological polar surface area (TPSA) is 66.6 Å². The second kappa shape index (κ2) is 9.02.